The van der Waals surface area contributed by atoms with Crippen LogP contribution >= 0.6 is 11.5 Å². The smallest absolute Gasteiger partial charge is 0.317 e. The Bertz CT molecular complexity index is 748. The van der Waals surface area contributed by atoms with Crippen LogP contribution in [0.4, 0.5) is 14.3 Å². The Balaban J connectivity index is 1.54. The van der Waals surface area contributed by atoms with Crippen LogP contribution < -0.4 is 10.2 Å². The summed E-state index contributed by atoms with van der Waals surface area (Å²) >= 11 is 1.37. The first-order valence-corrected chi connectivity index (χ1v) is 9.46. The lowest BCUT2D eigenvalue weighted by Gasteiger charge is -2.36. The maximum Gasteiger partial charge on any atom is 0.317 e. The fourth-order valence-electron chi connectivity index (χ4n) is 2.73. The zero-order valence-electron chi connectivity index (χ0n) is 15.3. The summed E-state index contributed by atoms with van der Waals surface area (Å²) in [7, 11) is 0. The van der Waals surface area contributed by atoms with Crippen LogP contribution in [0.1, 0.15) is 32.2 Å². The van der Waals surface area contributed by atoms with E-state index in [0.717, 1.165) is 29.6 Å². The van der Waals surface area contributed by atoms with Gasteiger partial charge in [0, 0.05) is 49.7 Å². The maximum atomic E-state index is 13.0. The summed E-state index contributed by atoms with van der Waals surface area (Å²) in [5, 5.41) is 3.87. The van der Waals surface area contributed by atoms with Crippen molar-refractivity contribution in [2.24, 2.45) is 0 Å². The average Bonchev–Trinajstić information content (AvgIpc) is 3.04. The van der Waals surface area contributed by atoms with Gasteiger partial charge in [0.15, 0.2) is 0 Å². The summed E-state index contributed by atoms with van der Waals surface area (Å²) in [4.78, 5) is 20.8. The second kappa shape index (κ2) is 7.57. The minimum atomic E-state index is -0.242. The number of nitrogens with one attached hydrogen (secondary N) is 1. The predicted molar refractivity (Wildman–Crippen MR) is 101 cm³/mol. The van der Waals surface area contributed by atoms with Crippen molar-refractivity contribution < 1.29 is 9.18 Å². The lowest BCUT2D eigenvalue weighted by Crippen LogP contribution is -2.55. The van der Waals surface area contributed by atoms with E-state index in [9.17, 15) is 9.18 Å². The highest BCUT2D eigenvalue weighted by molar-refractivity contribution is 7.09. The summed E-state index contributed by atoms with van der Waals surface area (Å²) in [6.07, 6.45) is 0.588. The van der Waals surface area contributed by atoms with Crippen LogP contribution in [0.5, 0.6) is 0 Å². The standard InChI is InChI=1S/C18H24FN5OS/c1-18(2,3)21-16(25)23-8-10-24(11-9-23)17-20-15(22-26-17)12-13-4-6-14(19)7-5-13/h4-7H,8-12H2,1-3H3,(H,21,25). The van der Waals surface area contributed by atoms with E-state index in [4.69, 9.17) is 0 Å². The second-order valence-electron chi connectivity index (χ2n) is 7.45. The van der Waals surface area contributed by atoms with E-state index < -0.39 is 0 Å². The quantitative estimate of drug-likeness (QED) is 0.893. The molecule has 2 aromatic rings. The SMILES string of the molecule is CC(C)(C)NC(=O)N1CCN(c2nc(Cc3ccc(F)cc3)ns2)CC1. The van der Waals surface area contributed by atoms with E-state index in [1.54, 1.807) is 12.1 Å². The van der Waals surface area contributed by atoms with Gasteiger partial charge in [0.1, 0.15) is 11.6 Å². The van der Waals surface area contributed by atoms with E-state index in [-0.39, 0.29) is 17.4 Å². The molecule has 1 aliphatic heterocycles. The van der Waals surface area contributed by atoms with Crippen LogP contribution in [-0.2, 0) is 6.42 Å². The fourth-order valence-corrected chi connectivity index (χ4v) is 3.47. The molecule has 0 spiro atoms. The molecule has 140 valence electrons. The topological polar surface area (TPSA) is 61.4 Å². The average molecular weight is 377 g/mol. The zero-order valence-corrected chi connectivity index (χ0v) is 16.1. The first-order valence-electron chi connectivity index (χ1n) is 8.69. The molecule has 2 amide bonds. The Morgan fingerprint density at radius 3 is 2.46 bits per heavy atom. The van der Waals surface area contributed by atoms with Gasteiger partial charge in [-0.15, -0.1) is 0 Å². The highest BCUT2D eigenvalue weighted by Crippen LogP contribution is 2.20. The molecule has 1 fully saturated rings. The number of benzene rings is 1. The molecule has 6 nitrogen and oxygen atoms in total. The number of carbonyl (C=O) groups is 1. The first kappa shape index (κ1) is 18.6. The molecule has 1 aromatic heterocycles. The fraction of sp³-hybridized carbons (Fsp3) is 0.500. The van der Waals surface area contributed by atoms with Crippen molar-refractivity contribution in [3.63, 3.8) is 0 Å². The van der Waals surface area contributed by atoms with Crippen molar-refractivity contribution in [3.8, 4) is 0 Å². The highest BCUT2D eigenvalue weighted by Gasteiger charge is 2.25. The van der Waals surface area contributed by atoms with E-state index in [2.05, 4.69) is 19.6 Å². The molecule has 1 saturated heterocycles. The number of halogens is 1. The number of piperazine rings is 1. The molecule has 26 heavy (non-hydrogen) atoms. The minimum absolute atomic E-state index is 0.0218. The van der Waals surface area contributed by atoms with Gasteiger partial charge < -0.3 is 15.1 Å². The number of hydrogen-bond acceptors (Lipinski definition) is 5. The number of urea groups is 1. The van der Waals surface area contributed by atoms with Crippen LogP contribution in [-0.4, -0.2) is 52.0 Å². The van der Waals surface area contributed by atoms with E-state index in [1.807, 2.05) is 25.7 Å². The Morgan fingerprint density at radius 2 is 1.85 bits per heavy atom. The summed E-state index contributed by atoms with van der Waals surface area (Å²) in [6, 6.07) is 6.38. The molecule has 1 N–H and O–H groups in total. The van der Waals surface area contributed by atoms with Crippen LogP contribution in [0.25, 0.3) is 0 Å². The van der Waals surface area contributed by atoms with Gasteiger partial charge in [-0.3, -0.25) is 0 Å². The van der Waals surface area contributed by atoms with Crippen molar-refractivity contribution in [2.45, 2.75) is 32.7 Å². The number of hydrogen-bond donors (Lipinski definition) is 1. The third kappa shape index (κ3) is 4.91. The number of anilines is 1. The number of rotatable bonds is 3. The Labute approximate surface area is 157 Å². The zero-order chi connectivity index (χ0) is 18.7. The molecule has 0 saturated carbocycles. The molecule has 0 bridgehead atoms. The van der Waals surface area contributed by atoms with E-state index in [1.165, 1.54) is 23.7 Å². The van der Waals surface area contributed by atoms with Crippen molar-refractivity contribution in [1.82, 2.24) is 19.6 Å². The number of nitrogens with zero attached hydrogens (tertiary/aromatic N) is 4. The van der Waals surface area contributed by atoms with Crippen molar-refractivity contribution in [2.75, 3.05) is 31.1 Å². The van der Waals surface area contributed by atoms with Gasteiger partial charge in [0.05, 0.1) is 0 Å². The lowest BCUT2D eigenvalue weighted by atomic mass is 10.1. The molecule has 1 aliphatic rings. The van der Waals surface area contributed by atoms with Crippen LogP contribution in [0, 0.1) is 5.82 Å². The molecule has 0 unspecified atom stereocenters. The Morgan fingerprint density at radius 1 is 1.19 bits per heavy atom. The predicted octanol–water partition coefficient (Wildman–Crippen LogP) is 2.90. The van der Waals surface area contributed by atoms with Gasteiger partial charge in [0.25, 0.3) is 0 Å². The Hall–Kier alpha value is -2.22. The van der Waals surface area contributed by atoms with Crippen molar-refractivity contribution >= 4 is 22.7 Å². The van der Waals surface area contributed by atoms with Gasteiger partial charge in [0.2, 0.25) is 5.13 Å². The third-order valence-electron chi connectivity index (χ3n) is 4.05. The van der Waals surface area contributed by atoms with E-state index >= 15 is 0 Å². The number of aromatic nitrogens is 2. The van der Waals surface area contributed by atoms with Gasteiger partial charge in [-0.2, -0.15) is 4.37 Å². The monoisotopic (exact) mass is 377 g/mol. The lowest BCUT2D eigenvalue weighted by molar-refractivity contribution is 0.185. The number of carbonyl (C=O) groups excluding carboxylic acids is 1. The molecule has 3 rings (SSSR count). The molecular formula is C18H24FN5OS. The molecule has 1 aromatic carbocycles. The number of amides is 2. The molecule has 0 atom stereocenters. The summed E-state index contributed by atoms with van der Waals surface area (Å²) in [5.74, 6) is 0.499. The normalized spacial score (nSPS) is 15.2. The second-order valence-corrected chi connectivity index (χ2v) is 8.18. The van der Waals surface area contributed by atoms with Crippen molar-refractivity contribution in [1.29, 1.82) is 0 Å². The summed E-state index contributed by atoms with van der Waals surface area (Å²) in [5.41, 5.74) is 0.752. The largest absolute Gasteiger partial charge is 0.343 e. The third-order valence-corrected chi connectivity index (χ3v) is 4.87. The Kier molecular flexibility index (Phi) is 5.41. The van der Waals surface area contributed by atoms with E-state index in [0.29, 0.717) is 19.5 Å². The van der Waals surface area contributed by atoms with Crippen molar-refractivity contribution in [3.05, 3.63) is 41.5 Å². The first-order chi connectivity index (χ1) is 12.3. The van der Waals surface area contributed by atoms with Gasteiger partial charge in [-0.25, -0.2) is 14.2 Å². The summed E-state index contributed by atoms with van der Waals surface area (Å²) in [6.45, 7) is 8.73. The molecular weight excluding hydrogens is 353 g/mol. The maximum absolute atomic E-state index is 13.0. The van der Waals surface area contributed by atoms with Gasteiger partial charge in [-0.05, 0) is 38.5 Å². The molecule has 0 radical (unpaired) electrons. The van der Waals surface area contributed by atoms with Gasteiger partial charge >= 0.3 is 6.03 Å². The van der Waals surface area contributed by atoms with Crippen LogP contribution in [0.15, 0.2) is 24.3 Å². The van der Waals surface area contributed by atoms with Crippen LogP contribution in [0.2, 0.25) is 0 Å². The van der Waals surface area contributed by atoms with Gasteiger partial charge in [-0.1, -0.05) is 12.1 Å². The molecule has 8 heteroatoms. The van der Waals surface area contributed by atoms with Crippen LogP contribution in [0.3, 0.4) is 0 Å². The highest BCUT2D eigenvalue weighted by atomic mass is 32.1. The minimum Gasteiger partial charge on any atom is -0.343 e. The molecule has 2 heterocycles. The summed E-state index contributed by atoms with van der Waals surface area (Å²) < 4.78 is 17.4. The molecule has 0 aliphatic carbocycles.